The zero-order chi connectivity index (χ0) is 18.3. The van der Waals surface area contributed by atoms with Crippen molar-refractivity contribution in [2.75, 3.05) is 5.32 Å². The molecule has 0 radical (unpaired) electrons. The maximum Gasteiger partial charge on any atom is 0.248 e. The number of nitrogens with two attached hydrogens (primary N) is 1. The minimum Gasteiger partial charge on any atom is -0.366 e. The van der Waals surface area contributed by atoms with Gasteiger partial charge in [-0.1, -0.05) is 29.8 Å². The monoisotopic (exact) mass is 366 g/mol. The van der Waals surface area contributed by atoms with Crippen molar-refractivity contribution in [2.45, 2.75) is 13.0 Å². The fraction of sp³-hybridized carbons (Fsp3) is 0.111. The molecule has 0 saturated carbocycles. The first-order chi connectivity index (χ1) is 12.5. The molecular formula is C18H15ClN6O. The number of carbonyl (C=O) groups excluding carboxylic acids is 1. The van der Waals surface area contributed by atoms with Gasteiger partial charge in [0.05, 0.1) is 11.3 Å². The topological polar surface area (TPSA) is 98.7 Å². The number of carbonyl (C=O) groups is 1. The summed E-state index contributed by atoms with van der Waals surface area (Å²) in [4.78, 5) is 21.0. The van der Waals surface area contributed by atoms with Gasteiger partial charge in [-0.3, -0.25) is 9.78 Å². The van der Waals surface area contributed by atoms with E-state index in [1.807, 2.05) is 30.3 Å². The smallest absolute Gasteiger partial charge is 0.248 e. The molecule has 3 heterocycles. The van der Waals surface area contributed by atoms with Crippen molar-refractivity contribution < 1.29 is 4.79 Å². The zero-order valence-corrected chi connectivity index (χ0v) is 14.6. The highest BCUT2D eigenvalue weighted by molar-refractivity contribution is 6.30. The number of nitrogens with zero attached hydrogens (tertiary/aromatic N) is 4. The molecule has 1 aromatic carbocycles. The lowest BCUT2D eigenvalue weighted by atomic mass is 9.99. The van der Waals surface area contributed by atoms with Crippen molar-refractivity contribution in [3.8, 4) is 11.4 Å². The Kier molecular flexibility index (Phi) is 3.93. The fourth-order valence-corrected chi connectivity index (χ4v) is 3.22. The lowest BCUT2D eigenvalue weighted by Gasteiger charge is -2.26. The van der Waals surface area contributed by atoms with Gasteiger partial charge in [-0.15, -0.1) is 5.10 Å². The number of amides is 1. The van der Waals surface area contributed by atoms with E-state index < -0.39 is 11.9 Å². The van der Waals surface area contributed by atoms with E-state index in [1.54, 1.807) is 29.9 Å². The van der Waals surface area contributed by atoms with Crippen LogP contribution in [-0.2, 0) is 4.79 Å². The number of benzene rings is 1. The van der Waals surface area contributed by atoms with E-state index >= 15 is 0 Å². The molecule has 4 rings (SSSR count). The Hall–Kier alpha value is -3.19. The Morgan fingerprint density at radius 3 is 2.81 bits per heavy atom. The maximum atomic E-state index is 12.1. The van der Waals surface area contributed by atoms with Gasteiger partial charge >= 0.3 is 0 Å². The summed E-state index contributed by atoms with van der Waals surface area (Å²) in [6.07, 6.45) is 1.67. The first kappa shape index (κ1) is 16.3. The standard InChI is InChI=1S/C18H15ClN6O/c1-10-14(16(20)26)15(13-7-2-3-8-21-13)25-18(22-10)23-17(24-25)11-5-4-6-12(19)9-11/h2-9,15H,1H3,(H2,20,26)(H,22,23,24). The fourth-order valence-electron chi connectivity index (χ4n) is 3.03. The van der Waals surface area contributed by atoms with Crippen LogP contribution in [0.15, 0.2) is 59.9 Å². The Morgan fingerprint density at radius 1 is 1.27 bits per heavy atom. The van der Waals surface area contributed by atoms with E-state index in [1.165, 1.54) is 0 Å². The zero-order valence-electron chi connectivity index (χ0n) is 13.8. The first-order valence-corrected chi connectivity index (χ1v) is 8.33. The Morgan fingerprint density at radius 2 is 2.12 bits per heavy atom. The van der Waals surface area contributed by atoms with Crippen molar-refractivity contribution in [1.82, 2.24) is 19.7 Å². The van der Waals surface area contributed by atoms with E-state index in [-0.39, 0.29) is 0 Å². The van der Waals surface area contributed by atoms with E-state index in [0.717, 1.165) is 5.56 Å². The van der Waals surface area contributed by atoms with Gasteiger partial charge in [0.1, 0.15) is 6.04 Å². The number of primary amides is 1. The summed E-state index contributed by atoms with van der Waals surface area (Å²) in [5, 5.41) is 8.29. The number of fused-ring (bicyclic) bond motifs is 1. The summed E-state index contributed by atoms with van der Waals surface area (Å²) < 4.78 is 1.63. The number of hydrogen-bond acceptors (Lipinski definition) is 5. The minimum atomic E-state index is -0.551. The number of pyridine rings is 1. The van der Waals surface area contributed by atoms with Gasteiger partial charge < -0.3 is 11.1 Å². The van der Waals surface area contributed by atoms with E-state index in [9.17, 15) is 4.79 Å². The van der Waals surface area contributed by atoms with E-state index in [0.29, 0.717) is 33.8 Å². The second kappa shape index (κ2) is 6.27. The Bertz CT molecular complexity index is 1030. The van der Waals surface area contributed by atoms with Crippen LogP contribution in [0.3, 0.4) is 0 Å². The van der Waals surface area contributed by atoms with Gasteiger partial charge in [-0.25, -0.2) is 4.68 Å². The molecule has 0 spiro atoms. The van der Waals surface area contributed by atoms with Gasteiger partial charge in [-0.05, 0) is 31.2 Å². The van der Waals surface area contributed by atoms with Crippen LogP contribution in [0.25, 0.3) is 11.4 Å². The molecule has 2 aromatic heterocycles. The summed E-state index contributed by atoms with van der Waals surface area (Å²) in [5.74, 6) is 0.476. The van der Waals surface area contributed by atoms with Crippen LogP contribution < -0.4 is 11.1 Å². The number of halogens is 1. The summed E-state index contributed by atoms with van der Waals surface area (Å²) in [6, 6.07) is 12.2. The highest BCUT2D eigenvalue weighted by Gasteiger charge is 2.34. The highest BCUT2D eigenvalue weighted by Crippen LogP contribution is 2.35. The largest absolute Gasteiger partial charge is 0.366 e. The number of anilines is 1. The van der Waals surface area contributed by atoms with E-state index in [2.05, 4.69) is 20.4 Å². The quantitative estimate of drug-likeness (QED) is 0.742. The molecule has 1 aliphatic rings. The Balaban J connectivity index is 1.89. The van der Waals surface area contributed by atoms with Crippen molar-refractivity contribution in [2.24, 2.45) is 5.73 Å². The van der Waals surface area contributed by atoms with E-state index in [4.69, 9.17) is 17.3 Å². The molecule has 1 aliphatic heterocycles. The van der Waals surface area contributed by atoms with Crippen LogP contribution in [0.2, 0.25) is 5.02 Å². The van der Waals surface area contributed by atoms with Crippen LogP contribution in [0.1, 0.15) is 18.7 Å². The van der Waals surface area contributed by atoms with Crippen LogP contribution in [0.5, 0.6) is 0 Å². The summed E-state index contributed by atoms with van der Waals surface area (Å²) in [5.41, 5.74) is 8.10. The molecule has 0 saturated heterocycles. The van der Waals surface area contributed by atoms with Crippen LogP contribution in [-0.4, -0.2) is 25.7 Å². The molecule has 3 aromatic rings. The van der Waals surface area contributed by atoms with Crippen LogP contribution in [0.4, 0.5) is 5.95 Å². The van der Waals surface area contributed by atoms with Gasteiger partial charge in [0.2, 0.25) is 11.9 Å². The highest BCUT2D eigenvalue weighted by atomic mass is 35.5. The average Bonchev–Trinajstić information content (AvgIpc) is 3.04. The predicted octanol–water partition coefficient (Wildman–Crippen LogP) is 2.77. The third kappa shape index (κ3) is 2.72. The minimum absolute atomic E-state index is 0.402. The van der Waals surface area contributed by atoms with Crippen molar-refractivity contribution in [1.29, 1.82) is 0 Å². The average molecular weight is 367 g/mol. The third-order valence-corrected chi connectivity index (χ3v) is 4.40. The number of hydrogen-bond donors (Lipinski definition) is 2. The molecule has 130 valence electrons. The summed E-state index contributed by atoms with van der Waals surface area (Å²) >= 11 is 6.08. The SMILES string of the molecule is CC1=C(C(N)=O)C(c2ccccn2)n2nc(-c3cccc(Cl)c3)nc2N1. The van der Waals surface area contributed by atoms with Gasteiger partial charge in [0.25, 0.3) is 0 Å². The number of aromatic nitrogens is 4. The molecule has 1 amide bonds. The molecule has 0 bridgehead atoms. The molecular weight excluding hydrogens is 352 g/mol. The number of nitrogens with one attached hydrogen (secondary N) is 1. The maximum absolute atomic E-state index is 12.1. The van der Waals surface area contributed by atoms with Crippen molar-refractivity contribution in [3.63, 3.8) is 0 Å². The first-order valence-electron chi connectivity index (χ1n) is 7.95. The molecule has 0 fully saturated rings. The normalized spacial score (nSPS) is 16.2. The van der Waals surface area contributed by atoms with Gasteiger partial charge in [-0.2, -0.15) is 4.98 Å². The number of allylic oxidation sites excluding steroid dienone is 1. The second-order valence-electron chi connectivity index (χ2n) is 5.90. The summed E-state index contributed by atoms with van der Waals surface area (Å²) in [6.45, 7) is 1.78. The molecule has 1 atom stereocenters. The predicted molar refractivity (Wildman–Crippen MR) is 98.4 cm³/mol. The van der Waals surface area contributed by atoms with Crippen LogP contribution >= 0.6 is 11.6 Å². The molecule has 7 nitrogen and oxygen atoms in total. The lowest BCUT2D eigenvalue weighted by Crippen LogP contribution is -2.32. The second-order valence-corrected chi connectivity index (χ2v) is 6.34. The molecule has 3 N–H and O–H groups in total. The molecule has 26 heavy (non-hydrogen) atoms. The lowest BCUT2D eigenvalue weighted by molar-refractivity contribution is -0.115. The third-order valence-electron chi connectivity index (χ3n) is 4.17. The Labute approximate surface area is 154 Å². The van der Waals surface area contributed by atoms with Crippen molar-refractivity contribution in [3.05, 3.63) is 70.6 Å². The van der Waals surface area contributed by atoms with Gasteiger partial charge in [0.15, 0.2) is 5.82 Å². The van der Waals surface area contributed by atoms with Gasteiger partial charge in [0, 0.05) is 22.5 Å². The number of rotatable bonds is 3. The van der Waals surface area contributed by atoms with Crippen molar-refractivity contribution >= 4 is 23.5 Å². The molecule has 1 unspecified atom stereocenters. The molecule has 0 aliphatic carbocycles. The molecule has 8 heteroatoms. The van der Waals surface area contributed by atoms with Crippen LogP contribution in [0, 0.1) is 0 Å². The summed E-state index contributed by atoms with van der Waals surface area (Å²) in [7, 11) is 0.